The van der Waals surface area contributed by atoms with E-state index < -0.39 is 0 Å². The lowest BCUT2D eigenvalue weighted by atomic mass is 9.78. The second kappa shape index (κ2) is 9.26. The van der Waals surface area contributed by atoms with Crippen molar-refractivity contribution < 1.29 is 4.74 Å². The van der Waals surface area contributed by atoms with Crippen LogP contribution in [0.5, 0.6) is 5.75 Å². The molecule has 2 nitrogen and oxygen atoms in total. The lowest BCUT2D eigenvalue weighted by Gasteiger charge is -2.39. The van der Waals surface area contributed by atoms with E-state index in [1.54, 1.807) is 0 Å². The summed E-state index contributed by atoms with van der Waals surface area (Å²) in [7, 11) is 0. The number of hydrogen-bond acceptors (Lipinski definition) is 2. The zero-order valence-corrected chi connectivity index (χ0v) is 14.4. The maximum absolute atomic E-state index is 5.81. The molecular weight excluding hydrogens is 270 g/mol. The second-order valence-corrected chi connectivity index (χ2v) is 4.70. The molecule has 120 valence electrons. The second-order valence-electron chi connectivity index (χ2n) is 4.70. The minimum absolute atomic E-state index is 0.328. The standard InChI is InChI=1S/C16H17NO.2C2H6/c1-3-11-9-17-14-10-18-15-8-6-5-7-13(15)16(14)12(11)4-2;2*1-2/h3-8,14,16-17H,1-2,9-10H2;2*1-2H3. The number of rotatable bonds is 2. The van der Waals surface area contributed by atoms with Crippen molar-refractivity contribution in [3.05, 3.63) is 66.3 Å². The number of benzene rings is 1. The van der Waals surface area contributed by atoms with Crippen molar-refractivity contribution in [2.75, 3.05) is 13.2 Å². The van der Waals surface area contributed by atoms with Gasteiger partial charge in [-0.25, -0.2) is 0 Å². The van der Waals surface area contributed by atoms with Gasteiger partial charge in [-0.15, -0.1) is 0 Å². The van der Waals surface area contributed by atoms with Gasteiger partial charge in [0.1, 0.15) is 12.4 Å². The molecule has 2 atom stereocenters. The van der Waals surface area contributed by atoms with Crippen molar-refractivity contribution in [1.82, 2.24) is 5.32 Å². The predicted molar refractivity (Wildman–Crippen MR) is 96.6 cm³/mol. The Bertz CT molecular complexity index is 530. The highest BCUT2D eigenvalue weighted by molar-refractivity contribution is 5.51. The fourth-order valence-corrected chi connectivity index (χ4v) is 2.91. The van der Waals surface area contributed by atoms with Crippen LogP contribution in [0.2, 0.25) is 0 Å². The van der Waals surface area contributed by atoms with Crippen LogP contribution in [0, 0.1) is 0 Å². The molecule has 2 heteroatoms. The Morgan fingerprint density at radius 1 is 1.09 bits per heavy atom. The Labute approximate surface area is 135 Å². The molecule has 2 aliphatic heterocycles. The van der Waals surface area contributed by atoms with Crippen LogP contribution in [0.4, 0.5) is 0 Å². The summed E-state index contributed by atoms with van der Waals surface area (Å²) in [6.45, 7) is 17.4. The zero-order valence-electron chi connectivity index (χ0n) is 14.4. The summed E-state index contributed by atoms with van der Waals surface area (Å²) >= 11 is 0. The van der Waals surface area contributed by atoms with Gasteiger partial charge < -0.3 is 10.1 Å². The average molecular weight is 299 g/mol. The number of nitrogens with one attached hydrogen (secondary N) is 1. The molecule has 0 radical (unpaired) electrons. The molecule has 0 aliphatic carbocycles. The van der Waals surface area contributed by atoms with Gasteiger partial charge in [-0.2, -0.15) is 0 Å². The lowest BCUT2D eigenvalue weighted by Crippen LogP contribution is -2.47. The molecule has 1 aromatic carbocycles. The Morgan fingerprint density at radius 2 is 1.77 bits per heavy atom. The fourth-order valence-electron chi connectivity index (χ4n) is 2.91. The van der Waals surface area contributed by atoms with E-state index in [4.69, 9.17) is 4.74 Å². The summed E-state index contributed by atoms with van der Waals surface area (Å²) in [5.41, 5.74) is 3.77. The van der Waals surface area contributed by atoms with Crippen LogP contribution in [-0.2, 0) is 0 Å². The SMILES string of the molecule is C=CC1=C(C=C)C2c3ccccc3OCC2NC1.CC.CC. The van der Waals surface area contributed by atoms with Gasteiger partial charge in [0.15, 0.2) is 0 Å². The topological polar surface area (TPSA) is 21.3 Å². The number of para-hydroxylation sites is 1. The fraction of sp³-hybridized carbons (Fsp3) is 0.400. The Morgan fingerprint density at radius 3 is 2.41 bits per heavy atom. The van der Waals surface area contributed by atoms with Gasteiger partial charge in [0.2, 0.25) is 0 Å². The van der Waals surface area contributed by atoms with E-state index in [1.165, 1.54) is 16.7 Å². The number of fused-ring (bicyclic) bond motifs is 3. The number of ether oxygens (including phenoxy) is 1. The van der Waals surface area contributed by atoms with Gasteiger partial charge in [0.05, 0.1) is 6.04 Å². The van der Waals surface area contributed by atoms with Gasteiger partial charge in [-0.3, -0.25) is 0 Å². The highest BCUT2D eigenvalue weighted by Gasteiger charge is 2.35. The van der Waals surface area contributed by atoms with E-state index >= 15 is 0 Å². The summed E-state index contributed by atoms with van der Waals surface area (Å²) in [6.07, 6.45) is 3.90. The minimum atomic E-state index is 0.328. The van der Waals surface area contributed by atoms with E-state index in [0.717, 1.165) is 12.3 Å². The molecular formula is C20H29NO. The van der Waals surface area contributed by atoms with Gasteiger partial charge >= 0.3 is 0 Å². The first-order valence-corrected chi connectivity index (χ1v) is 8.28. The maximum atomic E-state index is 5.81. The largest absolute Gasteiger partial charge is 0.492 e. The van der Waals surface area contributed by atoms with Crippen LogP contribution in [0.15, 0.2) is 60.7 Å². The molecule has 0 fully saturated rings. The summed E-state index contributed by atoms with van der Waals surface area (Å²) in [5, 5.41) is 3.53. The Hall–Kier alpha value is -1.80. The van der Waals surface area contributed by atoms with Crippen molar-refractivity contribution >= 4 is 0 Å². The zero-order chi connectivity index (χ0) is 16.5. The summed E-state index contributed by atoms with van der Waals surface area (Å²) in [5.74, 6) is 1.32. The highest BCUT2D eigenvalue weighted by Crippen LogP contribution is 2.41. The molecule has 2 heterocycles. The van der Waals surface area contributed by atoms with Crippen molar-refractivity contribution in [2.45, 2.75) is 39.7 Å². The molecule has 0 saturated heterocycles. The van der Waals surface area contributed by atoms with E-state index in [1.807, 2.05) is 52.0 Å². The molecule has 1 aromatic rings. The van der Waals surface area contributed by atoms with Gasteiger partial charge in [-0.1, -0.05) is 71.2 Å². The monoisotopic (exact) mass is 299 g/mol. The first kappa shape index (κ1) is 18.2. The lowest BCUT2D eigenvalue weighted by molar-refractivity contribution is 0.222. The van der Waals surface area contributed by atoms with Crippen LogP contribution in [0.3, 0.4) is 0 Å². The molecule has 0 aromatic heterocycles. The molecule has 0 bridgehead atoms. The highest BCUT2D eigenvalue weighted by atomic mass is 16.5. The van der Waals surface area contributed by atoms with Crippen molar-refractivity contribution in [1.29, 1.82) is 0 Å². The van der Waals surface area contributed by atoms with Crippen LogP contribution in [0.1, 0.15) is 39.2 Å². The van der Waals surface area contributed by atoms with Crippen molar-refractivity contribution in [2.24, 2.45) is 0 Å². The predicted octanol–water partition coefficient (Wildman–Crippen LogP) is 4.86. The van der Waals surface area contributed by atoms with Crippen LogP contribution < -0.4 is 10.1 Å². The Balaban J connectivity index is 0.000000561. The van der Waals surface area contributed by atoms with Crippen LogP contribution in [-0.4, -0.2) is 19.2 Å². The summed E-state index contributed by atoms with van der Waals surface area (Å²) < 4.78 is 5.81. The molecule has 22 heavy (non-hydrogen) atoms. The van der Waals surface area contributed by atoms with Gasteiger partial charge in [-0.05, 0) is 17.2 Å². The molecule has 3 rings (SSSR count). The van der Waals surface area contributed by atoms with Crippen molar-refractivity contribution in [3.8, 4) is 5.75 Å². The van der Waals surface area contributed by atoms with E-state index in [9.17, 15) is 0 Å². The minimum Gasteiger partial charge on any atom is -0.492 e. The summed E-state index contributed by atoms with van der Waals surface area (Å²) in [6, 6.07) is 8.59. The normalized spacial score (nSPS) is 21.6. The third kappa shape index (κ3) is 3.50. The third-order valence-corrected chi connectivity index (χ3v) is 3.80. The maximum Gasteiger partial charge on any atom is 0.123 e. The van der Waals surface area contributed by atoms with E-state index in [0.29, 0.717) is 18.6 Å². The molecule has 0 amide bonds. The molecule has 0 spiro atoms. The number of allylic oxidation sites excluding steroid dienone is 1. The average Bonchev–Trinajstić information content (AvgIpc) is 2.63. The first-order chi connectivity index (χ1) is 10.8. The van der Waals surface area contributed by atoms with Gasteiger partial charge in [0, 0.05) is 18.0 Å². The van der Waals surface area contributed by atoms with E-state index in [-0.39, 0.29) is 0 Å². The third-order valence-electron chi connectivity index (χ3n) is 3.80. The number of hydrogen-bond donors (Lipinski definition) is 1. The molecule has 2 unspecified atom stereocenters. The molecule has 1 N–H and O–H groups in total. The Kier molecular flexibility index (Phi) is 7.69. The van der Waals surface area contributed by atoms with E-state index in [2.05, 4.69) is 30.6 Å². The molecule has 2 aliphatic rings. The quantitative estimate of drug-likeness (QED) is 0.842. The summed E-state index contributed by atoms with van der Waals surface area (Å²) in [4.78, 5) is 0. The van der Waals surface area contributed by atoms with Crippen LogP contribution >= 0.6 is 0 Å². The van der Waals surface area contributed by atoms with Crippen molar-refractivity contribution in [3.63, 3.8) is 0 Å². The molecule has 0 saturated carbocycles. The smallest absolute Gasteiger partial charge is 0.123 e. The van der Waals surface area contributed by atoms with Gasteiger partial charge in [0.25, 0.3) is 0 Å². The van der Waals surface area contributed by atoms with Crippen LogP contribution in [0.25, 0.3) is 0 Å². The first-order valence-electron chi connectivity index (χ1n) is 8.28.